The summed E-state index contributed by atoms with van der Waals surface area (Å²) >= 11 is 5.96. The number of carbonyl (C=O) groups excluding carboxylic acids is 1. The first-order valence-electron chi connectivity index (χ1n) is 6.46. The van der Waals surface area contributed by atoms with E-state index in [2.05, 4.69) is 22.5 Å². The summed E-state index contributed by atoms with van der Waals surface area (Å²) in [5, 5.41) is 5.48. The highest BCUT2D eigenvalue weighted by atomic mass is 35.5. The average Bonchev–Trinajstić information content (AvgIpc) is 2.55. The van der Waals surface area contributed by atoms with Crippen molar-refractivity contribution in [3.05, 3.63) is 0 Å². The van der Waals surface area contributed by atoms with Gasteiger partial charge in [0.1, 0.15) is 0 Å². The highest BCUT2D eigenvalue weighted by Gasteiger charge is 2.37. The van der Waals surface area contributed by atoms with Crippen LogP contribution in [-0.2, 0) is 14.6 Å². The maximum absolute atomic E-state index is 11.9. The van der Waals surface area contributed by atoms with Gasteiger partial charge in [-0.1, -0.05) is 0 Å². The zero-order chi connectivity index (χ0) is 14.0. The maximum Gasteiger partial charge on any atom is 0.234 e. The lowest BCUT2D eigenvalue weighted by Crippen LogP contribution is -2.54. The topological polar surface area (TPSA) is 78.5 Å². The molecule has 1 amide bonds. The molecule has 0 aromatic carbocycles. The molecule has 0 saturated carbocycles. The number of carbonyl (C=O) groups is 1. The molecule has 0 aromatic heterocycles. The third-order valence-electron chi connectivity index (χ3n) is 3.62. The monoisotopic (exact) mass is 309 g/mol. The summed E-state index contributed by atoms with van der Waals surface area (Å²) < 4.78 is 22.8. The van der Waals surface area contributed by atoms with E-state index in [0.29, 0.717) is 12.6 Å². The first-order chi connectivity index (χ1) is 8.87. The van der Waals surface area contributed by atoms with Gasteiger partial charge in [-0.15, -0.1) is 11.6 Å². The molecule has 0 spiro atoms. The number of sulfone groups is 1. The molecule has 6 nitrogen and oxygen atoms in total. The van der Waals surface area contributed by atoms with Crippen molar-refractivity contribution in [3.63, 3.8) is 0 Å². The minimum Gasteiger partial charge on any atom is -0.350 e. The van der Waals surface area contributed by atoms with Crippen LogP contribution >= 0.6 is 11.6 Å². The minimum absolute atomic E-state index is 0.0516. The Bertz CT molecular complexity index is 442. The van der Waals surface area contributed by atoms with Crippen molar-refractivity contribution in [2.45, 2.75) is 24.4 Å². The molecule has 0 radical (unpaired) electrons. The summed E-state index contributed by atoms with van der Waals surface area (Å²) in [7, 11) is -3.10. The normalized spacial score (nSPS) is 35.2. The predicted octanol–water partition coefficient (Wildman–Crippen LogP) is -1.20. The van der Waals surface area contributed by atoms with Crippen LogP contribution in [0.3, 0.4) is 0 Å². The summed E-state index contributed by atoms with van der Waals surface area (Å²) in [5.41, 5.74) is 0. The minimum atomic E-state index is -3.10. The second kappa shape index (κ2) is 5.95. The molecule has 0 aromatic rings. The second-order valence-corrected chi connectivity index (χ2v) is 8.00. The number of hydrogen-bond donors (Lipinski definition) is 2. The van der Waals surface area contributed by atoms with Gasteiger partial charge >= 0.3 is 0 Å². The average molecular weight is 310 g/mol. The first kappa shape index (κ1) is 15.0. The zero-order valence-electron chi connectivity index (χ0n) is 10.9. The van der Waals surface area contributed by atoms with E-state index in [1.54, 1.807) is 0 Å². The van der Waals surface area contributed by atoms with Crippen LogP contribution in [0.25, 0.3) is 0 Å². The SMILES string of the molecule is C[C@H]1CNCCN1CC(=O)NC1CS(=O)(=O)CC1Cl. The van der Waals surface area contributed by atoms with Crippen molar-refractivity contribution < 1.29 is 13.2 Å². The number of alkyl halides is 1. The number of nitrogens with zero attached hydrogens (tertiary/aromatic N) is 1. The molecule has 8 heteroatoms. The lowest BCUT2D eigenvalue weighted by atomic mass is 10.2. The summed E-state index contributed by atoms with van der Waals surface area (Å²) in [6, 6.07) is -0.156. The summed E-state index contributed by atoms with van der Waals surface area (Å²) in [4.78, 5) is 14.0. The second-order valence-electron chi connectivity index (χ2n) is 5.29. The van der Waals surface area contributed by atoms with Crippen LogP contribution in [-0.4, -0.2) is 74.4 Å². The highest BCUT2D eigenvalue weighted by molar-refractivity contribution is 7.91. The van der Waals surface area contributed by atoms with E-state index in [0.717, 1.165) is 19.6 Å². The molecule has 2 unspecified atom stereocenters. The number of hydrogen-bond acceptors (Lipinski definition) is 5. The smallest absolute Gasteiger partial charge is 0.234 e. The van der Waals surface area contributed by atoms with E-state index >= 15 is 0 Å². The van der Waals surface area contributed by atoms with E-state index in [-0.39, 0.29) is 17.4 Å². The van der Waals surface area contributed by atoms with Gasteiger partial charge in [0.25, 0.3) is 0 Å². The first-order valence-corrected chi connectivity index (χ1v) is 8.72. The fourth-order valence-corrected chi connectivity index (χ4v) is 5.04. The molecule has 2 aliphatic rings. The Morgan fingerprint density at radius 2 is 2.21 bits per heavy atom. The Hall–Kier alpha value is -0.370. The molecule has 0 bridgehead atoms. The third-order valence-corrected chi connectivity index (χ3v) is 5.99. The van der Waals surface area contributed by atoms with Gasteiger partial charge in [-0.2, -0.15) is 0 Å². The Morgan fingerprint density at radius 1 is 1.47 bits per heavy atom. The molecule has 3 atom stereocenters. The van der Waals surface area contributed by atoms with Crippen LogP contribution in [0.1, 0.15) is 6.92 Å². The van der Waals surface area contributed by atoms with Gasteiger partial charge < -0.3 is 10.6 Å². The van der Waals surface area contributed by atoms with Crippen molar-refractivity contribution in [1.29, 1.82) is 0 Å². The van der Waals surface area contributed by atoms with E-state index in [1.165, 1.54) is 0 Å². The van der Waals surface area contributed by atoms with E-state index in [4.69, 9.17) is 11.6 Å². The summed E-state index contributed by atoms with van der Waals surface area (Å²) in [6.45, 7) is 4.91. The van der Waals surface area contributed by atoms with Gasteiger partial charge in [0.15, 0.2) is 9.84 Å². The summed E-state index contributed by atoms with van der Waals surface area (Å²) in [6.07, 6.45) is 0. The molecule has 2 N–H and O–H groups in total. The van der Waals surface area contributed by atoms with Crippen molar-refractivity contribution in [2.24, 2.45) is 0 Å². The number of halogens is 1. The summed E-state index contributed by atoms with van der Waals surface area (Å²) in [5.74, 6) is -0.255. The number of piperazine rings is 1. The molecule has 0 aliphatic carbocycles. The quantitative estimate of drug-likeness (QED) is 0.640. The van der Waals surface area contributed by atoms with Crippen molar-refractivity contribution in [3.8, 4) is 0 Å². The number of amides is 1. The maximum atomic E-state index is 11.9. The van der Waals surface area contributed by atoms with Crippen LogP contribution in [0.4, 0.5) is 0 Å². The lowest BCUT2D eigenvalue weighted by molar-refractivity contribution is -0.123. The molecule has 2 rings (SSSR count). The van der Waals surface area contributed by atoms with E-state index in [9.17, 15) is 13.2 Å². The Balaban J connectivity index is 1.84. The molecule has 2 fully saturated rings. The fraction of sp³-hybridized carbons (Fsp3) is 0.909. The highest BCUT2D eigenvalue weighted by Crippen LogP contribution is 2.18. The zero-order valence-corrected chi connectivity index (χ0v) is 12.5. The van der Waals surface area contributed by atoms with Crippen LogP contribution in [0.5, 0.6) is 0 Å². The molecule has 19 heavy (non-hydrogen) atoms. The van der Waals surface area contributed by atoms with Crippen LogP contribution < -0.4 is 10.6 Å². The van der Waals surface area contributed by atoms with Crippen LogP contribution in [0.2, 0.25) is 0 Å². The molecule has 2 heterocycles. The Labute approximate surface area is 118 Å². The number of nitrogens with one attached hydrogen (secondary N) is 2. The van der Waals surface area contributed by atoms with Crippen molar-refractivity contribution in [2.75, 3.05) is 37.7 Å². The van der Waals surface area contributed by atoms with Crippen LogP contribution in [0, 0.1) is 0 Å². The van der Waals surface area contributed by atoms with Crippen LogP contribution in [0.15, 0.2) is 0 Å². The Morgan fingerprint density at radius 3 is 2.79 bits per heavy atom. The predicted molar refractivity (Wildman–Crippen MR) is 74.1 cm³/mol. The largest absolute Gasteiger partial charge is 0.350 e. The molecular weight excluding hydrogens is 290 g/mol. The fourth-order valence-electron chi connectivity index (χ4n) is 2.49. The molecular formula is C11H20ClN3O3S. The van der Waals surface area contributed by atoms with E-state index < -0.39 is 21.3 Å². The Kier molecular flexibility index (Phi) is 4.70. The van der Waals surface area contributed by atoms with Gasteiger partial charge in [0.05, 0.1) is 29.5 Å². The third kappa shape index (κ3) is 4.05. The van der Waals surface area contributed by atoms with Gasteiger partial charge in [-0.25, -0.2) is 8.42 Å². The van der Waals surface area contributed by atoms with Crippen molar-refractivity contribution in [1.82, 2.24) is 15.5 Å². The van der Waals surface area contributed by atoms with Gasteiger partial charge in [-0.3, -0.25) is 9.69 Å². The van der Waals surface area contributed by atoms with Gasteiger partial charge in [0.2, 0.25) is 5.91 Å². The molecule has 2 saturated heterocycles. The lowest BCUT2D eigenvalue weighted by Gasteiger charge is -2.33. The number of rotatable bonds is 3. The van der Waals surface area contributed by atoms with E-state index in [1.807, 2.05) is 0 Å². The standard InChI is InChI=1S/C11H20ClN3O3S/c1-8-4-13-2-3-15(8)5-11(16)14-10-7-19(17,18)6-9(10)12/h8-10,13H,2-7H2,1H3,(H,14,16)/t8-,9?,10?/m0/s1. The van der Waals surface area contributed by atoms with Gasteiger partial charge in [-0.05, 0) is 6.92 Å². The van der Waals surface area contributed by atoms with Gasteiger partial charge in [0, 0.05) is 25.7 Å². The molecule has 110 valence electrons. The van der Waals surface area contributed by atoms with Crippen molar-refractivity contribution >= 4 is 27.3 Å². The molecule has 2 aliphatic heterocycles.